The van der Waals surface area contributed by atoms with Crippen molar-refractivity contribution < 1.29 is 0 Å². The second-order valence-corrected chi connectivity index (χ2v) is 4.65. The molecule has 3 N–H and O–H groups in total. The highest BCUT2D eigenvalue weighted by atomic mass is 15.3. The molecule has 104 valence electrons. The summed E-state index contributed by atoms with van der Waals surface area (Å²) in [5.74, 6) is 1.14. The van der Waals surface area contributed by atoms with E-state index < -0.39 is 0 Å². The van der Waals surface area contributed by atoms with Gasteiger partial charge in [-0.25, -0.2) is 9.97 Å². The Bertz CT molecular complexity index is 740. The Balaban J connectivity index is 1.88. The van der Waals surface area contributed by atoms with E-state index in [1.807, 2.05) is 28.5 Å². The van der Waals surface area contributed by atoms with Crippen molar-refractivity contribution in [2.45, 2.75) is 19.9 Å². The zero-order valence-corrected chi connectivity index (χ0v) is 11.5. The number of aromatic nitrogens is 5. The summed E-state index contributed by atoms with van der Waals surface area (Å²) in [6.07, 6.45) is 8.24. The largest absolute Gasteiger partial charge is 0.382 e. The molecule has 0 fully saturated rings. The van der Waals surface area contributed by atoms with Crippen LogP contribution >= 0.6 is 0 Å². The molecule has 0 bridgehead atoms. The molecule has 20 heavy (non-hydrogen) atoms. The Kier molecular flexibility index (Phi) is 3.02. The molecular formula is C13H17N7. The first kappa shape index (κ1) is 12.5. The van der Waals surface area contributed by atoms with Crippen LogP contribution in [0.2, 0.25) is 0 Å². The molecule has 3 heterocycles. The van der Waals surface area contributed by atoms with E-state index in [9.17, 15) is 0 Å². The van der Waals surface area contributed by atoms with E-state index in [4.69, 9.17) is 5.73 Å². The van der Waals surface area contributed by atoms with Crippen molar-refractivity contribution in [3.63, 3.8) is 0 Å². The van der Waals surface area contributed by atoms with Gasteiger partial charge >= 0.3 is 0 Å². The number of hydrogen-bond donors (Lipinski definition) is 2. The first-order chi connectivity index (χ1) is 9.67. The molecule has 0 aliphatic heterocycles. The molecule has 7 nitrogen and oxygen atoms in total. The number of fused-ring (bicyclic) bond motifs is 1. The van der Waals surface area contributed by atoms with Crippen molar-refractivity contribution in [2.24, 2.45) is 7.05 Å². The average molecular weight is 271 g/mol. The predicted octanol–water partition coefficient (Wildman–Crippen LogP) is 1.22. The molecule has 0 radical (unpaired) electrons. The van der Waals surface area contributed by atoms with Crippen LogP contribution in [-0.2, 0) is 20.0 Å². The van der Waals surface area contributed by atoms with Gasteiger partial charge in [-0.1, -0.05) is 6.92 Å². The number of nitrogen functional groups attached to an aromatic ring is 1. The van der Waals surface area contributed by atoms with Gasteiger partial charge in [-0.3, -0.25) is 4.68 Å². The van der Waals surface area contributed by atoms with Crippen molar-refractivity contribution in [3.8, 4) is 0 Å². The minimum atomic E-state index is 0.458. The third kappa shape index (κ3) is 2.18. The predicted molar refractivity (Wildman–Crippen MR) is 77.3 cm³/mol. The number of anilines is 2. The fraction of sp³-hybridized carbons (Fsp3) is 0.308. The number of nitrogens with two attached hydrogens (primary N) is 1. The third-order valence-corrected chi connectivity index (χ3v) is 3.17. The minimum Gasteiger partial charge on any atom is -0.382 e. The number of aryl methyl sites for hydroxylation is 2. The van der Waals surface area contributed by atoms with Crippen LogP contribution in [0.5, 0.6) is 0 Å². The van der Waals surface area contributed by atoms with Gasteiger partial charge < -0.3 is 15.5 Å². The molecule has 3 aromatic heterocycles. The van der Waals surface area contributed by atoms with Gasteiger partial charge in [0.05, 0.1) is 11.9 Å². The number of imidazole rings is 1. The summed E-state index contributed by atoms with van der Waals surface area (Å²) in [7, 11) is 1.92. The second-order valence-electron chi connectivity index (χ2n) is 4.65. The number of rotatable bonds is 4. The summed E-state index contributed by atoms with van der Waals surface area (Å²) >= 11 is 0. The van der Waals surface area contributed by atoms with Gasteiger partial charge in [0.15, 0.2) is 11.5 Å². The summed E-state index contributed by atoms with van der Waals surface area (Å²) in [6.45, 7) is 2.74. The van der Waals surface area contributed by atoms with E-state index in [1.54, 1.807) is 12.4 Å². The van der Waals surface area contributed by atoms with Crippen molar-refractivity contribution >= 4 is 17.3 Å². The zero-order valence-electron chi connectivity index (χ0n) is 11.5. The van der Waals surface area contributed by atoms with Gasteiger partial charge in [0.2, 0.25) is 0 Å². The topological polar surface area (TPSA) is 86.1 Å². The van der Waals surface area contributed by atoms with E-state index in [-0.39, 0.29) is 0 Å². The highest BCUT2D eigenvalue weighted by Gasteiger charge is 2.09. The lowest BCUT2D eigenvalue weighted by atomic mass is 10.2. The molecule has 0 aromatic carbocycles. The van der Waals surface area contributed by atoms with E-state index in [0.717, 1.165) is 23.3 Å². The van der Waals surface area contributed by atoms with Gasteiger partial charge in [0.25, 0.3) is 0 Å². The Labute approximate surface area is 116 Å². The van der Waals surface area contributed by atoms with E-state index in [1.165, 1.54) is 0 Å². The SMILES string of the molecule is CCc1nn(C)cc1CNc1nc(N)cn2ccnc12. The maximum absolute atomic E-state index is 5.80. The van der Waals surface area contributed by atoms with Crippen molar-refractivity contribution in [2.75, 3.05) is 11.1 Å². The standard InChI is InChI=1S/C13H17N7/c1-3-10-9(7-19(2)18-10)6-16-12-13-15-4-5-20(13)8-11(14)17-12/h4-5,7-8H,3,6,14H2,1-2H3,(H,16,17). The summed E-state index contributed by atoms with van der Waals surface area (Å²) in [5, 5.41) is 7.71. The Morgan fingerprint density at radius 3 is 3.00 bits per heavy atom. The average Bonchev–Trinajstić information content (AvgIpc) is 3.01. The lowest BCUT2D eigenvalue weighted by Gasteiger charge is -2.07. The molecule has 3 aromatic rings. The summed E-state index contributed by atoms with van der Waals surface area (Å²) in [4.78, 5) is 8.59. The fourth-order valence-electron chi connectivity index (χ4n) is 2.28. The van der Waals surface area contributed by atoms with Gasteiger partial charge in [0.1, 0.15) is 5.82 Å². The van der Waals surface area contributed by atoms with Crippen LogP contribution in [0.25, 0.3) is 5.65 Å². The van der Waals surface area contributed by atoms with Gasteiger partial charge in [0, 0.05) is 37.7 Å². The number of nitrogens with one attached hydrogen (secondary N) is 1. The minimum absolute atomic E-state index is 0.458. The smallest absolute Gasteiger partial charge is 0.180 e. The summed E-state index contributed by atoms with van der Waals surface area (Å²) < 4.78 is 3.68. The quantitative estimate of drug-likeness (QED) is 0.745. The molecule has 3 rings (SSSR count). The van der Waals surface area contributed by atoms with Crippen LogP contribution in [0, 0.1) is 0 Å². The molecular weight excluding hydrogens is 254 g/mol. The molecule has 0 spiro atoms. The molecule has 0 unspecified atom stereocenters. The molecule has 0 atom stereocenters. The summed E-state index contributed by atoms with van der Waals surface area (Å²) in [5.41, 5.74) is 8.80. The van der Waals surface area contributed by atoms with Crippen LogP contribution in [-0.4, -0.2) is 24.1 Å². The van der Waals surface area contributed by atoms with E-state index >= 15 is 0 Å². The van der Waals surface area contributed by atoms with Crippen LogP contribution in [0.1, 0.15) is 18.2 Å². The third-order valence-electron chi connectivity index (χ3n) is 3.17. The van der Waals surface area contributed by atoms with Crippen molar-refractivity contribution in [1.82, 2.24) is 24.1 Å². The zero-order chi connectivity index (χ0) is 14.1. The van der Waals surface area contributed by atoms with Crippen LogP contribution < -0.4 is 11.1 Å². The monoisotopic (exact) mass is 271 g/mol. The van der Waals surface area contributed by atoms with Crippen molar-refractivity contribution in [1.29, 1.82) is 0 Å². The van der Waals surface area contributed by atoms with Crippen LogP contribution in [0.15, 0.2) is 24.8 Å². The molecule has 0 saturated carbocycles. The Morgan fingerprint density at radius 2 is 2.20 bits per heavy atom. The maximum atomic E-state index is 5.80. The Morgan fingerprint density at radius 1 is 1.35 bits per heavy atom. The molecule has 0 saturated heterocycles. The van der Waals surface area contributed by atoms with Gasteiger partial charge in [-0.2, -0.15) is 5.10 Å². The normalized spacial score (nSPS) is 11.1. The first-order valence-corrected chi connectivity index (χ1v) is 6.52. The van der Waals surface area contributed by atoms with E-state index in [0.29, 0.717) is 18.2 Å². The maximum Gasteiger partial charge on any atom is 0.180 e. The highest BCUT2D eigenvalue weighted by Crippen LogP contribution is 2.16. The van der Waals surface area contributed by atoms with Gasteiger partial charge in [-0.15, -0.1) is 0 Å². The molecule has 7 heteroatoms. The van der Waals surface area contributed by atoms with Crippen LogP contribution in [0.4, 0.5) is 11.6 Å². The number of nitrogens with zero attached hydrogens (tertiary/aromatic N) is 5. The van der Waals surface area contributed by atoms with Gasteiger partial charge in [-0.05, 0) is 6.42 Å². The van der Waals surface area contributed by atoms with Crippen LogP contribution in [0.3, 0.4) is 0 Å². The molecule has 0 amide bonds. The number of hydrogen-bond acceptors (Lipinski definition) is 5. The first-order valence-electron chi connectivity index (χ1n) is 6.52. The highest BCUT2D eigenvalue weighted by molar-refractivity contribution is 5.64. The lowest BCUT2D eigenvalue weighted by Crippen LogP contribution is -2.06. The molecule has 0 aliphatic rings. The molecule has 0 aliphatic carbocycles. The fourth-order valence-corrected chi connectivity index (χ4v) is 2.28. The van der Waals surface area contributed by atoms with E-state index in [2.05, 4.69) is 27.3 Å². The lowest BCUT2D eigenvalue weighted by molar-refractivity contribution is 0.746. The second kappa shape index (κ2) is 4.84. The van der Waals surface area contributed by atoms with Crippen molar-refractivity contribution in [3.05, 3.63) is 36.0 Å². The Hall–Kier alpha value is -2.57. The summed E-state index contributed by atoms with van der Waals surface area (Å²) in [6, 6.07) is 0.